The minimum atomic E-state index is -0.0640. The van der Waals surface area contributed by atoms with Crippen molar-refractivity contribution < 1.29 is 14.6 Å². The van der Waals surface area contributed by atoms with Gasteiger partial charge in [-0.05, 0) is 43.6 Å². The van der Waals surface area contributed by atoms with Crippen LogP contribution in [0.15, 0.2) is 18.2 Å². The molecule has 0 radical (unpaired) electrons. The van der Waals surface area contributed by atoms with E-state index in [1.165, 1.54) is 11.3 Å². The van der Waals surface area contributed by atoms with Crippen molar-refractivity contribution in [3.63, 3.8) is 0 Å². The van der Waals surface area contributed by atoms with Gasteiger partial charge in [-0.2, -0.15) is 4.52 Å². The zero-order valence-electron chi connectivity index (χ0n) is 15.8. The molecule has 4 rings (SSSR count). The highest BCUT2D eigenvalue weighted by atomic mass is 32.1. The molecule has 1 saturated heterocycles. The maximum Gasteiger partial charge on any atom is 0.230 e. The number of aryl methyl sites for hydroxylation is 1. The average Bonchev–Trinajstić information content (AvgIpc) is 3.41. The largest absolute Gasteiger partial charge is 0.493 e. The zero-order chi connectivity index (χ0) is 19.0. The molecule has 7 nitrogen and oxygen atoms in total. The predicted octanol–water partition coefficient (Wildman–Crippen LogP) is 3.26. The third-order valence-corrected chi connectivity index (χ3v) is 6.11. The first-order chi connectivity index (χ1) is 13.2. The second-order valence-corrected chi connectivity index (χ2v) is 7.64. The topological polar surface area (TPSA) is 72.1 Å². The quantitative estimate of drug-likeness (QED) is 0.699. The Morgan fingerprint density at radius 1 is 1.19 bits per heavy atom. The molecule has 3 heterocycles. The fraction of sp³-hybridized carbons (Fsp3) is 0.474. The van der Waals surface area contributed by atoms with Gasteiger partial charge in [0.25, 0.3) is 0 Å². The van der Waals surface area contributed by atoms with Crippen LogP contribution >= 0.6 is 11.3 Å². The molecule has 1 unspecified atom stereocenters. The van der Waals surface area contributed by atoms with E-state index in [4.69, 9.17) is 9.47 Å². The molecule has 0 aliphatic carbocycles. The average molecular weight is 388 g/mol. The zero-order valence-corrected chi connectivity index (χ0v) is 16.6. The molecule has 1 atom stereocenters. The second kappa shape index (κ2) is 7.36. The number of hydrogen-bond donors (Lipinski definition) is 1. The van der Waals surface area contributed by atoms with Crippen LogP contribution in [0, 0.1) is 0 Å². The van der Waals surface area contributed by atoms with E-state index >= 15 is 0 Å². The van der Waals surface area contributed by atoms with Crippen LogP contribution in [0.2, 0.25) is 0 Å². The van der Waals surface area contributed by atoms with E-state index in [1.807, 2.05) is 25.1 Å². The highest BCUT2D eigenvalue weighted by Crippen LogP contribution is 2.43. The summed E-state index contributed by atoms with van der Waals surface area (Å²) >= 11 is 1.50. The Kier molecular flexibility index (Phi) is 4.92. The summed E-state index contributed by atoms with van der Waals surface area (Å²) in [5.74, 6) is 2.30. The first kappa shape index (κ1) is 18.1. The molecule has 1 aliphatic rings. The van der Waals surface area contributed by atoms with E-state index in [2.05, 4.69) is 15.0 Å². The number of thiazole rings is 1. The van der Waals surface area contributed by atoms with E-state index in [1.54, 1.807) is 18.7 Å². The molecule has 0 bridgehead atoms. The van der Waals surface area contributed by atoms with Gasteiger partial charge in [0.05, 0.1) is 25.1 Å². The highest BCUT2D eigenvalue weighted by Gasteiger charge is 2.31. The van der Waals surface area contributed by atoms with Gasteiger partial charge in [0.1, 0.15) is 0 Å². The predicted molar refractivity (Wildman–Crippen MR) is 104 cm³/mol. The smallest absolute Gasteiger partial charge is 0.230 e. The lowest BCUT2D eigenvalue weighted by atomic mass is 10.0. The number of ether oxygens (including phenoxy) is 2. The second-order valence-electron chi connectivity index (χ2n) is 6.63. The maximum atomic E-state index is 10.9. The van der Waals surface area contributed by atoms with E-state index in [9.17, 15) is 5.11 Å². The third-order valence-electron chi connectivity index (χ3n) is 5.04. The van der Waals surface area contributed by atoms with Gasteiger partial charge in [-0.25, -0.2) is 4.98 Å². The molecule has 3 aromatic rings. The Morgan fingerprint density at radius 3 is 2.56 bits per heavy atom. The van der Waals surface area contributed by atoms with Crippen molar-refractivity contribution in [3.8, 4) is 17.4 Å². The van der Waals surface area contributed by atoms with Crippen LogP contribution in [0.4, 0.5) is 0 Å². The maximum absolute atomic E-state index is 10.9. The van der Waals surface area contributed by atoms with Crippen LogP contribution in [-0.2, 0) is 6.42 Å². The van der Waals surface area contributed by atoms with Crippen molar-refractivity contribution in [1.82, 2.24) is 19.5 Å². The van der Waals surface area contributed by atoms with Crippen molar-refractivity contribution in [2.45, 2.75) is 32.2 Å². The first-order valence-electron chi connectivity index (χ1n) is 9.19. The Hall–Kier alpha value is -2.32. The van der Waals surface area contributed by atoms with Crippen LogP contribution in [0.3, 0.4) is 0 Å². The van der Waals surface area contributed by atoms with Crippen LogP contribution in [-0.4, -0.2) is 51.9 Å². The summed E-state index contributed by atoms with van der Waals surface area (Å²) in [4.78, 5) is 8.51. The van der Waals surface area contributed by atoms with E-state index in [0.29, 0.717) is 11.5 Å². The molecule has 0 saturated carbocycles. The van der Waals surface area contributed by atoms with E-state index in [0.717, 1.165) is 53.6 Å². The summed E-state index contributed by atoms with van der Waals surface area (Å²) in [5, 5.41) is 15.3. The lowest BCUT2D eigenvalue weighted by molar-refractivity contribution is 0.275. The Bertz CT molecular complexity index is 946. The molecule has 1 aromatic carbocycles. The third kappa shape index (κ3) is 3.12. The first-order valence-corrected chi connectivity index (χ1v) is 10.0. The molecule has 0 spiro atoms. The molecule has 0 amide bonds. The van der Waals surface area contributed by atoms with Crippen molar-refractivity contribution in [3.05, 3.63) is 34.5 Å². The highest BCUT2D eigenvalue weighted by molar-refractivity contribution is 7.17. The number of fused-ring (bicyclic) bond motifs is 1. The fourth-order valence-electron chi connectivity index (χ4n) is 3.67. The molecular formula is C19H24N4O3S. The lowest BCUT2D eigenvalue weighted by Gasteiger charge is -2.27. The molecule has 27 heavy (non-hydrogen) atoms. The minimum absolute atomic E-state index is 0.0640. The van der Waals surface area contributed by atoms with Crippen LogP contribution in [0.5, 0.6) is 17.4 Å². The van der Waals surface area contributed by atoms with Gasteiger partial charge in [0.2, 0.25) is 10.8 Å². The SMILES string of the molecule is CCc1nc2sc(C(c3ccc(OC)c(OC)c3)N3CCCC3)c(O)n2n1. The number of benzene rings is 1. The minimum Gasteiger partial charge on any atom is -0.493 e. The molecule has 1 N–H and O–H groups in total. The summed E-state index contributed by atoms with van der Waals surface area (Å²) in [5.41, 5.74) is 1.06. The van der Waals surface area contributed by atoms with Gasteiger partial charge < -0.3 is 14.6 Å². The molecule has 8 heteroatoms. The number of aromatic nitrogens is 3. The summed E-state index contributed by atoms with van der Waals surface area (Å²) in [7, 11) is 3.27. The standard InChI is InChI=1S/C19H24N4O3S/c1-4-15-20-19-23(21-15)18(24)17(27-19)16(22-9-5-6-10-22)12-7-8-13(25-2)14(11-12)26-3/h7-8,11,16,24H,4-6,9-10H2,1-3H3. The summed E-state index contributed by atoms with van der Waals surface area (Å²) in [6, 6.07) is 5.89. The van der Waals surface area contributed by atoms with Gasteiger partial charge in [-0.1, -0.05) is 24.3 Å². The van der Waals surface area contributed by atoms with Gasteiger partial charge in [-0.15, -0.1) is 5.10 Å². The summed E-state index contributed by atoms with van der Waals surface area (Å²) < 4.78 is 12.4. The van der Waals surface area contributed by atoms with Gasteiger partial charge in [0.15, 0.2) is 17.3 Å². The fourth-order valence-corrected chi connectivity index (χ4v) is 4.81. The number of aromatic hydroxyl groups is 1. The van der Waals surface area contributed by atoms with Crippen molar-refractivity contribution in [2.75, 3.05) is 27.3 Å². The Balaban J connectivity index is 1.82. The number of likely N-dealkylation sites (tertiary alicyclic amines) is 1. The molecular weight excluding hydrogens is 364 g/mol. The van der Waals surface area contributed by atoms with Crippen molar-refractivity contribution >= 4 is 16.3 Å². The van der Waals surface area contributed by atoms with E-state index < -0.39 is 0 Å². The lowest BCUT2D eigenvalue weighted by Crippen LogP contribution is -2.26. The summed E-state index contributed by atoms with van der Waals surface area (Å²) in [6.45, 7) is 3.99. The molecule has 144 valence electrons. The Labute approximate surface area is 162 Å². The van der Waals surface area contributed by atoms with Gasteiger partial charge in [0, 0.05) is 6.42 Å². The number of methoxy groups -OCH3 is 2. The molecule has 1 aliphatic heterocycles. The number of rotatable bonds is 6. The monoisotopic (exact) mass is 388 g/mol. The van der Waals surface area contributed by atoms with Gasteiger partial charge in [-0.3, -0.25) is 4.90 Å². The number of hydrogen-bond acceptors (Lipinski definition) is 7. The van der Waals surface area contributed by atoms with Crippen LogP contribution in [0.25, 0.3) is 4.96 Å². The molecule has 1 fully saturated rings. The van der Waals surface area contributed by atoms with Gasteiger partial charge >= 0.3 is 0 Å². The van der Waals surface area contributed by atoms with E-state index in [-0.39, 0.29) is 11.9 Å². The van der Waals surface area contributed by atoms with Crippen molar-refractivity contribution in [2.24, 2.45) is 0 Å². The Morgan fingerprint density at radius 2 is 1.93 bits per heavy atom. The normalized spacial score (nSPS) is 16.1. The van der Waals surface area contributed by atoms with Crippen LogP contribution in [0.1, 0.15) is 42.1 Å². The molecule has 2 aromatic heterocycles. The number of nitrogens with zero attached hydrogens (tertiary/aromatic N) is 4. The van der Waals surface area contributed by atoms with Crippen LogP contribution < -0.4 is 9.47 Å². The van der Waals surface area contributed by atoms with Crippen molar-refractivity contribution in [1.29, 1.82) is 0 Å². The summed E-state index contributed by atoms with van der Waals surface area (Å²) in [6.07, 6.45) is 3.06.